The van der Waals surface area contributed by atoms with E-state index in [1.807, 2.05) is 0 Å². The van der Waals surface area contributed by atoms with E-state index in [0.717, 1.165) is 38.5 Å². The predicted molar refractivity (Wildman–Crippen MR) is 134 cm³/mol. The van der Waals surface area contributed by atoms with Gasteiger partial charge >= 0.3 is 6.01 Å². The molecule has 0 saturated heterocycles. The second-order valence-electron chi connectivity index (χ2n) is 10.3. The number of nitrogens with zero attached hydrogens (tertiary/aromatic N) is 2. The van der Waals surface area contributed by atoms with E-state index in [1.165, 1.54) is 96.3 Å². The first-order chi connectivity index (χ1) is 16.3. The van der Waals surface area contributed by atoms with Gasteiger partial charge < -0.3 is 14.6 Å². The molecular formula is C28H48N2O3. The molecule has 0 amide bonds. The minimum absolute atomic E-state index is 0.123. The van der Waals surface area contributed by atoms with Crippen molar-refractivity contribution in [2.24, 2.45) is 0 Å². The summed E-state index contributed by atoms with van der Waals surface area (Å²) in [6, 6.07) is 0.382. The van der Waals surface area contributed by atoms with Gasteiger partial charge in [-0.25, -0.2) is 0 Å². The largest absolute Gasteiger partial charge is 0.502 e. The molecule has 1 aromatic rings. The SMILES string of the molecule is CCCCCCCCCCCCCCCCc1nc(OC2CCC2)nc(OC2CCC2)c1O. The number of rotatable bonds is 19. The van der Waals surface area contributed by atoms with E-state index in [9.17, 15) is 5.11 Å². The van der Waals surface area contributed by atoms with Gasteiger partial charge in [0, 0.05) is 0 Å². The molecule has 1 N–H and O–H groups in total. The van der Waals surface area contributed by atoms with Crippen molar-refractivity contribution in [3.05, 3.63) is 5.69 Å². The lowest BCUT2D eigenvalue weighted by Crippen LogP contribution is -2.27. The summed E-state index contributed by atoms with van der Waals surface area (Å²) in [6.45, 7) is 2.28. The van der Waals surface area contributed by atoms with Crippen molar-refractivity contribution in [2.75, 3.05) is 0 Å². The lowest BCUT2D eigenvalue weighted by Gasteiger charge is -2.28. The van der Waals surface area contributed by atoms with E-state index >= 15 is 0 Å². The van der Waals surface area contributed by atoms with Crippen molar-refractivity contribution in [3.8, 4) is 17.6 Å². The van der Waals surface area contributed by atoms with E-state index in [4.69, 9.17) is 9.47 Å². The third kappa shape index (κ3) is 9.70. The van der Waals surface area contributed by atoms with Gasteiger partial charge in [-0.2, -0.15) is 9.97 Å². The zero-order valence-electron chi connectivity index (χ0n) is 21.2. The lowest BCUT2D eigenvalue weighted by molar-refractivity contribution is 0.0930. The first kappa shape index (κ1) is 26.1. The van der Waals surface area contributed by atoms with Crippen LogP contribution in [0.4, 0.5) is 0 Å². The van der Waals surface area contributed by atoms with Crippen LogP contribution in [-0.4, -0.2) is 27.3 Å². The van der Waals surface area contributed by atoms with E-state index in [2.05, 4.69) is 16.9 Å². The number of hydrogen-bond donors (Lipinski definition) is 1. The van der Waals surface area contributed by atoms with Crippen molar-refractivity contribution < 1.29 is 14.6 Å². The zero-order chi connectivity index (χ0) is 23.1. The van der Waals surface area contributed by atoms with Gasteiger partial charge in [0.15, 0.2) is 0 Å². The molecule has 2 saturated carbocycles. The highest BCUT2D eigenvalue weighted by molar-refractivity contribution is 5.38. The van der Waals surface area contributed by atoms with Gasteiger partial charge in [0.2, 0.25) is 5.75 Å². The molecule has 5 nitrogen and oxygen atoms in total. The molecule has 1 heterocycles. The van der Waals surface area contributed by atoms with Crippen LogP contribution < -0.4 is 9.47 Å². The molecule has 2 fully saturated rings. The van der Waals surface area contributed by atoms with Crippen LogP contribution in [0.1, 0.15) is 141 Å². The molecule has 0 aromatic carbocycles. The van der Waals surface area contributed by atoms with Gasteiger partial charge in [-0.05, 0) is 51.4 Å². The Kier molecular flexibility index (Phi) is 12.2. The first-order valence-electron chi connectivity index (χ1n) is 14.2. The summed E-state index contributed by atoms with van der Waals surface area (Å²) < 4.78 is 11.9. The Balaban J connectivity index is 1.29. The molecule has 0 aliphatic heterocycles. The van der Waals surface area contributed by atoms with Crippen molar-refractivity contribution in [3.63, 3.8) is 0 Å². The quantitative estimate of drug-likeness (QED) is 0.211. The molecular weight excluding hydrogens is 412 g/mol. The number of aryl methyl sites for hydroxylation is 1. The van der Waals surface area contributed by atoms with E-state index < -0.39 is 0 Å². The maximum Gasteiger partial charge on any atom is 0.320 e. The molecule has 5 heteroatoms. The van der Waals surface area contributed by atoms with E-state index in [0.29, 0.717) is 17.6 Å². The molecule has 1 aromatic heterocycles. The Morgan fingerprint density at radius 1 is 0.667 bits per heavy atom. The van der Waals surface area contributed by atoms with Crippen LogP contribution in [0.25, 0.3) is 0 Å². The van der Waals surface area contributed by atoms with Gasteiger partial charge in [-0.15, -0.1) is 0 Å². The van der Waals surface area contributed by atoms with Gasteiger partial charge in [0.25, 0.3) is 5.88 Å². The summed E-state index contributed by atoms with van der Waals surface area (Å²) >= 11 is 0. The van der Waals surface area contributed by atoms with Crippen molar-refractivity contribution in [1.82, 2.24) is 9.97 Å². The maximum atomic E-state index is 10.7. The highest BCUT2D eigenvalue weighted by Crippen LogP contribution is 2.35. The van der Waals surface area contributed by atoms with Crippen molar-refractivity contribution >= 4 is 0 Å². The van der Waals surface area contributed by atoms with Gasteiger partial charge in [-0.1, -0.05) is 90.4 Å². The first-order valence-corrected chi connectivity index (χ1v) is 14.2. The molecule has 2 aliphatic rings. The lowest BCUT2D eigenvalue weighted by atomic mass is 9.96. The fourth-order valence-corrected chi connectivity index (χ4v) is 4.54. The van der Waals surface area contributed by atoms with E-state index in [-0.39, 0.29) is 18.0 Å². The summed E-state index contributed by atoms with van der Waals surface area (Å²) in [6.07, 6.45) is 26.6. The number of hydrogen-bond acceptors (Lipinski definition) is 5. The summed E-state index contributed by atoms with van der Waals surface area (Å²) in [4.78, 5) is 8.93. The zero-order valence-corrected chi connectivity index (χ0v) is 21.2. The average molecular weight is 461 g/mol. The Bertz CT molecular complexity index is 659. The fraction of sp³-hybridized carbons (Fsp3) is 0.857. The number of aromatic nitrogens is 2. The summed E-state index contributed by atoms with van der Waals surface area (Å²) in [5.41, 5.74) is 0.688. The smallest absolute Gasteiger partial charge is 0.320 e. The predicted octanol–water partition coefficient (Wildman–Crippen LogP) is 8.07. The Labute approximate surface area is 202 Å². The highest BCUT2D eigenvalue weighted by Gasteiger charge is 2.26. The molecule has 33 heavy (non-hydrogen) atoms. The minimum Gasteiger partial charge on any atom is -0.502 e. The molecule has 0 bridgehead atoms. The molecule has 0 spiro atoms. The summed E-state index contributed by atoms with van der Waals surface area (Å²) in [5, 5.41) is 10.7. The van der Waals surface area contributed by atoms with Crippen LogP contribution in [0.2, 0.25) is 0 Å². The number of ether oxygens (including phenoxy) is 2. The molecule has 0 atom stereocenters. The van der Waals surface area contributed by atoms with Crippen LogP contribution in [0.3, 0.4) is 0 Å². The fourth-order valence-electron chi connectivity index (χ4n) is 4.54. The second kappa shape index (κ2) is 15.4. The van der Waals surface area contributed by atoms with Crippen molar-refractivity contribution in [1.29, 1.82) is 0 Å². The number of unbranched alkanes of at least 4 members (excludes halogenated alkanes) is 13. The molecule has 0 unspecified atom stereocenters. The summed E-state index contributed by atoms with van der Waals surface area (Å²) in [7, 11) is 0. The molecule has 188 valence electrons. The molecule has 2 aliphatic carbocycles. The van der Waals surface area contributed by atoms with Crippen LogP contribution in [0, 0.1) is 0 Å². The maximum absolute atomic E-state index is 10.7. The Hall–Kier alpha value is -1.52. The van der Waals surface area contributed by atoms with Gasteiger partial charge in [0.05, 0.1) is 5.69 Å². The number of aromatic hydroxyl groups is 1. The van der Waals surface area contributed by atoms with Crippen LogP contribution in [0.5, 0.6) is 17.6 Å². The van der Waals surface area contributed by atoms with E-state index in [1.54, 1.807) is 0 Å². The highest BCUT2D eigenvalue weighted by atomic mass is 16.5. The van der Waals surface area contributed by atoms with Gasteiger partial charge in [-0.3, -0.25) is 0 Å². The second-order valence-corrected chi connectivity index (χ2v) is 10.3. The Morgan fingerprint density at radius 3 is 1.64 bits per heavy atom. The van der Waals surface area contributed by atoms with Crippen molar-refractivity contribution in [2.45, 2.75) is 154 Å². The minimum atomic E-state index is 0.123. The van der Waals surface area contributed by atoms with Gasteiger partial charge in [0.1, 0.15) is 12.2 Å². The summed E-state index contributed by atoms with van der Waals surface area (Å²) in [5.74, 6) is 0.446. The topological polar surface area (TPSA) is 64.5 Å². The Morgan fingerprint density at radius 2 is 1.15 bits per heavy atom. The van der Waals surface area contributed by atoms with Crippen LogP contribution in [-0.2, 0) is 6.42 Å². The third-order valence-electron chi connectivity index (χ3n) is 7.33. The monoisotopic (exact) mass is 460 g/mol. The van der Waals surface area contributed by atoms with Crippen LogP contribution >= 0.6 is 0 Å². The molecule has 0 radical (unpaired) electrons. The van der Waals surface area contributed by atoms with Crippen LogP contribution in [0.15, 0.2) is 0 Å². The third-order valence-corrected chi connectivity index (χ3v) is 7.33. The normalized spacial score (nSPS) is 16.4. The molecule has 3 rings (SSSR count). The average Bonchev–Trinajstić information content (AvgIpc) is 2.75. The standard InChI is InChI=1S/C28H48N2O3/c1-2-3-4-5-6-7-8-9-10-11-12-13-14-15-22-25-26(31)27(32-23-18-16-19-23)30-28(29-25)33-24-20-17-21-24/h23-24,31H,2-22H2,1H3.